The normalized spacial score (nSPS) is 15.9. The first kappa shape index (κ1) is 21.6. The van der Waals surface area contributed by atoms with Crippen LogP contribution in [0.3, 0.4) is 0 Å². The van der Waals surface area contributed by atoms with Crippen LogP contribution in [0.5, 0.6) is 0 Å². The molecule has 2 N–H and O–H groups in total. The van der Waals surface area contributed by atoms with Crippen molar-refractivity contribution in [2.75, 3.05) is 10.2 Å². The van der Waals surface area contributed by atoms with E-state index in [1.807, 2.05) is 77.7 Å². The summed E-state index contributed by atoms with van der Waals surface area (Å²) in [5, 5.41) is 6.08. The quantitative estimate of drug-likeness (QED) is 0.473. The lowest BCUT2D eigenvalue weighted by molar-refractivity contribution is 0.0982. The van der Waals surface area contributed by atoms with Gasteiger partial charge in [0.1, 0.15) is 0 Å². The average molecular weight is 458 g/mol. The molecule has 0 aromatic heterocycles. The Bertz CT molecular complexity index is 1160. The van der Waals surface area contributed by atoms with Crippen molar-refractivity contribution < 1.29 is 9.59 Å². The van der Waals surface area contributed by atoms with Crippen LogP contribution in [-0.2, 0) is 6.54 Å². The number of hydrogen-bond acceptors (Lipinski definition) is 3. The maximum absolute atomic E-state index is 13.6. The van der Waals surface area contributed by atoms with Gasteiger partial charge in [0.15, 0.2) is 0 Å². The van der Waals surface area contributed by atoms with E-state index in [1.165, 1.54) is 6.42 Å². The summed E-state index contributed by atoms with van der Waals surface area (Å²) < 4.78 is 0. The number of nitrogens with zero attached hydrogens (tertiary/aromatic N) is 1. The Kier molecular flexibility index (Phi) is 6.35. The zero-order chi connectivity index (χ0) is 22.6. The first-order valence-electron chi connectivity index (χ1n) is 11.5. The van der Waals surface area contributed by atoms with E-state index in [9.17, 15) is 9.59 Å². The number of fused-ring (bicyclic) bond motifs is 2. The van der Waals surface area contributed by atoms with Crippen LogP contribution >= 0.6 is 11.8 Å². The van der Waals surface area contributed by atoms with Gasteiger partial charge in [-0.25, -0.2) is 4.79 Å². The fourth-order valence-electron chi connectivity index (χ4n) is 4.52. The lowest BCUT2D eigenvalue weighted by Gasteiger charge is -2.25. The molecule has 2 aliphatic rings. The van der Waals surface area contributed by atoms with Gasteiger partial charge < -0.3 is 15.5 Å². The Labute approximate surface area is 198 Å². The van der Waals surface area contributed by atoms with Crippen molar-refractivity contribution in [3.8, 4) is 0 Å². The summed E-state index contributed by atoms with van der Waals surface area (Å²) in [4.78, 5) is 30.0. The predicted octanol–water partition coefficient (Wildman–Crippen LogP) is 6.45. The second kappa shape index (κ2) is 9.71. The van der Waals surface area contributed by atoms with Gasteiger partial charge in [-0.05, 0) is 48.7 Å². The fourth-order valence-corrected chi connectivity index (χ4v) is 5.58. The van der Waals surface area contributed by atoms with Crippen LogP contribution in [0.1, 0.15) is 48.0 Å². The molecule has 5 nitrogen and oxygen atoms in total. The van der Waals surface area contributed by atoms with Gasteiger partial charge in [0.05, 0.1) is 17.8 Å². The molecule has 0 spiro atoms. The number of anilines is 2. The molecule has 1 aliphatic carbocycles. The van der Waals surface area contributed by atoms with Gasteiger partial charge in [-0.1, -0.05) is 73.5 Å². The van der Waals surface area contributed by atoms with Crippen LogP contribution in [0, 0.1) is 0 Å². The van der Waals surface area contributed by atoms with E-state index >= 15 is 0 Å². The first-order chi connectivity index (χ1) is 16.2. The smallest absolute Gasteiger partial charge is 0.319 e. The van der Waals surface area contributed by atoms with Crippen molar-refractivity contribution in [3.05, 3.63) is 83.9 Å². The topological polar surface area (TPSA) is 61.4 Å². The summed E-state index contributed by atoms with van der Waals surface area (Å²) in [5.74, 6) is -0.0375. The van der Waals surface area contributed by atoms with Crippen LogP contribution in [-0.4, -0.2) is 18.0 Å². The minimum atomic E-state index is -0.188. The van der Waals surface area contributed by atoms with E-state index in [-0.39, 0.29) is 18.0 Å². The monoisotopic (exact) mass is 457 g/mol. The van der Waals surface area contributed by atoms with Crippen molar-refractivity contribution in [1.29, 1.82) is 0 Å². The van der Waals surface area contributed by atoms with Gasteiger partial charge in [-0.15, -0.1) is 0 Å². The Balaban J connectivity index is 1.45. The fraction of sp³-hybridized carbons (Fsp3) is 0.259. The van der Waals surface area contributed by atoms with Gasteiger partial charge >= 0.3 is 6.03 Å². The summed E-state index contributed by atoms with van der Waals surface area (Å²) in [7, 11) is 0. The first-order valence-corrected chi connectivity index (χ1v) is 12.3. The summed E-state index contributed by atoms with van der Waals surface area (Å²) in [6, 6.07) is 23.6. The van der Waals surface area contributed by atoms with Gasteiger partial charge in [-0.3, -0.25) is 4.79 Å². The average Bonchev–Trinajstić information content (AvgIpc) is 2.95. The third-order valence-corrected chi connectivity index (χ3v) is 7.36. The van der Waals surface area contributed by atoms with Crippen molar-refractivity contribution in [2.24, 2.45) is 0 Å². The molecule has 168 valence electrons. The number of benzene rings is 3. The van der Waals surface area contributed by atoms with Crippen LogP contribution in [0.2, 0.25) is 0 Å². The Morgan fingerprint density at radius 1 is 0.909 bits per heavy atom. The molecule has 6 heteroatoms. The highest BCUT2D eigenvalue weighted by atomic mass is 32.2. The maximum atomic E-state index is 13.6. The zero-order valence-corrected chi connectivity index (χ0v) is 19.2. The van der Waals surface area contributed by atoms with E-state index in [2.05, 4.69) is 10.6 Å². The molecule has 0 unspecified atom stereocenters. The Hall–Kier alpha value is -3.25. The molecule has 3 aromatic rings. The lowest BCUT2D eigenvalue weighted by atomic mass is 9.96. The number of hydrogen-bond donors (Lipinski definition) is 2. The molecule has 1 aliphatic heterocycles. The van der Waals surface area contributed by atoms with Crippen LogP contribution in [0.25, 0.3) is 0 Å². The SMILES string of the molecule is O=C(Nc1ccc2c(c1)N(Cc1ccccc1)C(=O)c1ccccc1S2)NC1CCCCC1. The van der Waals surface area contributed by atoms with Crippen LogP contribution in [0.4, 0.5) is 16.2 Å². The molecular formula is C27H27N3O2S. The van der Waals surface area contributed by atoms with Crippen LogP contribution in [0.15, 0.2) is 82.6 Å². The van der Waals surface area contributed by atoms with Crippen molar-refractivity contribution in [1.82, 2.24) is 5.32 Å². The molecule has 33 heavy (non-hydrogen) atoms. The van der Waals surface area contributed by atoms with Gasteiger partial charge in [0, 0.05) is 21.5 Å². The van der Waals surface area contributed by atoms with Crippen LogP contribution < -0.4 is 15.5 Å². The minimum absolute atomic E-state index is 0.0375. The number of nitrogens with one attached hydrogen (secondary N) is 2. The number of carbonyl (C=O) groups excluding carboxylic acids is 2. The third-order valence-electron chi connectivity index (χ3n) is 6.21. The second-order valence-corrected chi connectivity index (χ2v) is 9.67. The maximum Gasteiger partial charge on any atom is 0.319 e. The Morgan fingerprint density at radius 3 is 2.48 bits per heavy atom. The number of rotatable bonds is 4. The van der Waals surface area contributed by atoms with Crippen molar-refractivity contribution >= 4 is 35.1 Å². The molecule has 1 fully saturated rings. The molecule has 0 radical (unpaired) electrons. The van der Waals surface area contributed by atoms with E-state index < -0.39 is 0 Å². The lowest BCUT2D eigenvalue weighted by Crippen LogP contribution is -2.39. The molecule has 3 amide bonds. The van der Waals surface area contributed by atoms with E-state index in [4.69, 9.17) is 0 Å². The van der Waals surface area contributed by atoms with E-state index in [0.717, 1.165) is 46.7 Å². The molecule has 0 atom stereocenters. The molecule has 3 aromatic carbocycles. The molecule has 1 heterocycles. The summed E-state index contributed by atoms with van der Waals surface area (Å²) in [6.07, 6.45) is 5.64. The second-order valence-electron chi connectivity index (χ2n) is 8.59. The molecular weight excluding hydrogens is 430 g/mol. The highest BCUT2D eigenvalue weighted by molar-refractivity contribution is 7.99. The minimum Gasteiger partial charge on any atom is -0.335 e. The van der Waals surface area contributed by atoms with Gasteiger partial charge in [0.25, 0.3) is 5.91 Å². The summed E-state index contributed by atoms with van der Waals surface area (Å²) >= 11 is 1.59. The van der Waals surface area contributed by atoms with Gasteiger partial charge in [-0.2, -0.15) is 0 Å². The van der Waals surface area contributed by atoms with Crippen molar-refractivity contribution in [3.63, 3.8) is 0 Å². The third kappa shape index (κ3) is 4.91. The molecule has 5 rings (SSSR count). The van der Waals surface area contributed by atoms with E-state index in [0.29, 0.717) is 17.8 Å². The number of carbonyl (C=O) groups is 2. The highest BCUT2D eigenvalue weighted by Gasteiger charge is 2.28. The zero-order valence-electron chi connectivity index (χ0n) is 18.4. The van der Waals surface area contributed by atoms with Crippen molar-refractivity contribution in [2.45, 2.75) is 54.5 Å². The standard InChI is InChI=1S/C27H27N3O2S/c31-26-22-13-7-8-14-24(22)33-25-16-15-21(29-27(32)28-20-11-5-2-6-12-20)17-23(25)30(26)18-19-9-3-1-4-10-19/h1,3-4,7-10,13-17,20H,2,5-6,11-12,18H2,(H2,28,29,32). The number of amides is 3. The predicted molar refractivity (Wildman–Crippen MR) is 133 cm³/mol. The largest absolute Gasteiger partial charge is 0.335 e. The molecule has 0 saturated heterocycles. The highest BCUT2D eigenvalue weighted by Crippen LogP contribution is 2.43. The Morgan fingerprint density at radius 2 is 1.67 bits per heavy atom. The summed E-state index contributed by atoms with van der Waals surface area (Å²) in [6.45, 7) is 0.458. The van der Waals surface area contributed by atoms with Gasteiger partial charge in [0.2, 0.25) is 0 Å². The molecule has 1 saturated carbocycles. The molecule has 0 bridgehead atoms. The number of urea groups is 1. The van der Waals surface area contributed by atoms with E-state index in [1.54, 1.807) is 11.8 Å². The summed E-state index contributed by atoms with van der Waals surface area (Å²) in [5.41, 5.74) is 3.23.